The Bertz CT molecular complexity index is 1110. The highest BCUT2D eigenvalue weighted by molar-refractivity contribution is 5.85. The molecule has 0 saturated carbocycles. The van der Waals surface area contributed by atoms with E-state index in [4.69, 9.17) is 0 Å². The van der Waals surface area contributed by atoms with Crippen LogP contribution >= 0.6 is 0 Å². The lowest BCUT2D eigenvalue weighted by Gasteiger charge is -2.33. The van der Waals surface area contributed by atoms with Gasteiger partial charge in [0.15, 0.2) is 0 Å². The van der Waals surface area contributed by atoms with Crippen LogP contribution in [0.15, 0.2) is 67.4 Å². The van der Waals surface area contributed by atoms with Crippen molar-refractivity contribution in [3.8, 4) is 5.69 Å². The second-order valence-corrected chi connectivity index (χ2v) is 9.36. The Labute approximate surface area is 190 Å². The number of aryl methyl sites for hydroxylation is 1. The van der Waals surface area contributed by atoms with Crippen molar-refractivity contribution in [1.29, 1.82) is 0 Å². The molecule has 1 aliphatic heterocycles. The zero-order chi connectivity index (χ0) is 21.8. The van der Waals surface area contributed by atoms with Crippen LogP contribution in [0.25, 0.3) is 16.6 Å². The summed E-state index contributed by atoms with van der Waals surface area (Å²) in [7, 11) is 0. The Morgan fingerprint density at radius 1 is 1.03 bits per heavy atom. The molecule has 1 aliphatic rings. The largest absolute Gasteiger partial charge is 0.361 e. The summed E-state index contributed by atoms with van der Waals surface area (Å²) in [5.74, 6) is 1.48. The van der Waals surface area contributed by atoms with Crippen LogP contribution in [0.4, 0.5) is 0 Å². The predicted molar refractivity (Wildman–Crippen MR) is 130 cm³/mol. The van der Waals surface area contributed by atoms with Gasteiger partial charge in [-0.15, -0.1) is 10.2 Å². The number of likely N-dealkylation sites (tertiary alicyclic amines) is 1. The van der Waals surface area contributed by atoms with E-state index in [1.165, 1.54) is 67.3 Å². The third-order valence-electron chi connectivity index (χ3n) is 7.13. The minimum atomic E-state index is 0.609. The molecular weight excluding hydrogens is 394 g/mol. The highest BCUT2D eigenvalue weighted by Crippen LogP contribution is 2.27. The van der Waals surface area contributed by atoms with Gasteiger partial charge in [-0.1, -0.05) is 43.7 Å². The quantitative estimate of drug-likeness (QED) is 0.399. The molecule has 1 fully saturated rings. The van der Waals surface area contributed by atoms with Gasteiger partial charge in [0, 0.05) is 29.3 Å². The molecule has 32 heavy (non-hydrogen) atoms. The molecule has 0 aliphatic carbocycles. The molecule has 0 amide bonds. The smallest absolute Gasteiger partial charge is 0.123 e. The number of hydrogen-bond donors (Lipinski definition) is 1. The molecule has 2 aromatic heterocycles. The lowest BCUT2D eigenvalue weighted by atomic mass is 9.90. The molecular formula is C27H33N5. The molecule has 2 aromatic carbocycles. The van der Waals surface area contributed by atoms with Crippen LogP contribution in [0.2, 0.25) is 0 Å². The number of benzene rings is 2. The van der Waals surface area contributed by atoms with Gasteiger partial charge in [0.25, 0.3) is 0 Å². The van der Waals surface area contributed by atoms with Crippen LogP contribution in [0.1, 0.15) is 49.7 Å². The van der Waals surface area contributed by atoms with E-state index in [9.17, 15) is 0 Å². The fourth-order valence-corrected chi connectivity index (χ4v) is 5.18. The number of hydrogen-bond acceptors (Lipinski definition) is 3. The van der Waals surface area contributed by atoms with Crippen molar-refractivity contribution in [2.24, 2.45) is 5.92 Å². The summed E-state index contributed by atoms with van der Waals surface area (Å²) in [5.41, 5.74) is 5.20. The number of piperidine rings is 1. The van der Waals surface area contributed by atoms with Crippen molar-refractivity contribution in [1.82, 2.24) is 24.6 Å². The van der Waals surface area contributed by atoms with Crippen LogP contribution in [-0.4, -0.2) is 44.3 Å². The highest BCUT2D eigenvalue weighted by atomic mass is 15.2. The Kier molecular flexibility index (Phi) is 6.35. The minimum Gasteiger partial charge on any atom is -0.361 e. The Balaban J connectivity index is 1.10. The van der Waals surface area contributed by atoms with Crippen LogP contribution in [0.3, 0.4) is 0 Å². The summed E-state index contributed by atoms with van der Waals surface area (Å²) in [6.45, 7) is 6.03. The van der Waals surface area contributed by atoms with Gasteiger partial charge in [-0.25, -0.2) is 0 Å². The SMILES string of the molecule is C[C@H](CN1CCC(CCCc2c[nH]c3ccc(-n4cnnc4)cc23)CC1)c1ccccc1. The van der Waals surface area contributed by atoms with E-state index in [0.717, 1.165) is 18.0 Å². The summed E-state index contributed by atoms with van der Waals surface area (Å²) in [4.78, 5) is 6.11. The summed E-state index contributed by atoms with van der Waals surface area (Å²) < 4.78 is 1.96. The van der Waals surface area contributed by atoms with Gasteiger partial charge in [-0.05, 0) is 79.9 Å². The molecule has 0 spiro atoms. The third-order valence-corrected chi connectivity index (χ3v) is 7.13. The number of aromatic amines is 1. The fraction of sp³-hybridized carbons (Fsp3) is 0.407. The maximum Gasteiger partial charge on any atom is 0.123 e. The van der Waals surface area contributed by atoms with E-state index in [2.05, 4.69) is 81.7 Å². The van der Waals surface area contributed by atoms with Gasteiger partial charge in [0.05, 0.1) is 0 Å². The van der Waals surface area contributed by atoms with Gasteiger partial charge >= 0.3 is 0 Å². The molecule has 166 valence electrons. The zero-order valence-electron chi connectivity index (χ0n) is 19.0. The van der Waals surface area contributed by atoms with Crippen molar-refractivity contribution in [2.45, 2.75) is 44.9 Å². The first kappa shape index (κ1) is 21.0. The second kappa shape index (κ2) is 9.70. The summed E-state index contributed by atoms with van der Waals surface area (Å²) >= 11 is 0. The van der Waals surface area contributed by atoms with Crippen LogP contribution < -0.4 is 0 Å². The lowest BCUT2D eigenvalue weighted by Crippen LogP contribution is -2.36. The molecule has 3 heterocycles. The zero-order valence-corrected chi connectivity index (χ0v) is 19.0. The molecule has 0 bridgehead atoms. The lowest BCUT2D eigenvalue weighted by molar-refractivity contribution is 0.171. The first-order valence-electron chi connectivity index (χ1n) is 12.0. The van der Waals surface area contributed by atoms with Crippen LogP contribution in [0.5, 0.6) is 0 Å². The average Bonchev–Trinajstić information content (AvgIpc) is 3.51. The average molecular weight is 428 g/mol. The van der Waals surface area contributed by atoms with Gasteiger partial charge < -0.3 is 9.88 Å². The van der Waals surface area contributed by atoms with E-state index in [-0.39, 0.29) is 0 Å². The van der Waals surface area contributed by atoms with Crippen molar-refractivity contribution >= 4 is 10.9 Å². The van der Waals surface area contributed by atoms with E-state index in [1.807, 2.05) is 4.57 Å². The van der Waals surface area contributed by atoms with Gasteiger partial charge in [-0.3, -0.25) is 4.57 Å². The monoisotopic (exact) mass is 427 g/mol. The van der Waals surface area contributed by atoms with Crippen molar-refractivity contribution in [2.75, 3.05) is 19.6 Å². The Morgan fingerprint density at radius 2 is 1.81 bits per heavy atom. The maximum absolute atomic E-state index is 3.93. The number of nitrogens with zero attached hydrogens (tertiary/aromatic N) is 4. The standard InChI is InChI=1S/C27H33N5/c1-21(23-7-3-2-4-8-23)18-31-14-12-22(13-15-31)6-5-9-24-17-28-27-11-10-25(16-26(24)27)32-19-29-30-20-32/h2-4,7-8,10-11,16-17,19-22,28H,5-6,9,12-15,18H2,1H3/t21-/m1/s1. The van der Waals surface area contributed by atoms with Crippen molar-refractivity contribution in [3.05, 3.63) is 78.5 Å². The van der Waals surface area contributed by atoms with E-state index < -0.39 is 0 Å². The molecule has 0 radical (unpaired) electrons. The Morgan fingerprint density at radius 3 is 2.59 bits per heavy atom. The third kappa shape index (κ3) is 4.78. The second-order valence-electron chi connectivity index (χ2n) is 9.36. The molecule has 4 aromatic rings. The van der Waals surface area contributed by atoms with Crippen molar-refractivity contribution in [3.63, 3.8) is 0 Å². The van der Waals surface area contributed by atoms with E-state index in [1.54, 1.807) is 12.7 Å². The number of H-pyrrole nitrogens is 1. The molecule has 5 rings (SSSR count). The molecule has 1 atom stereocenters. The number of aromatic nitrogens is 4. The van der Waals surface area contributed by atoms with Crippen LogP contribution in [-0.2, 0) is 6.42 Å². The summed E-state index contributed by atoms with van der Waals surface area (Å²) in [6.07, 6.45) is 12.1. The molecule has 1 N–H and O–H groups in total. The summed E-state index contributed by atoms with van der Waals surface area (Å²) in [5, 5.41) is 9.18. The number of fused-ring (bicyclic) bond motifs is 1. The first-order chi connectivity index (χ1) is 15.8. The van der Waals surface area contributed by atoms with E-state index in [0.29, 0.717) is 5.92 Å². The molecule has 5 nitrogen and oxygen atoms in total. The number of rotatable bonds is 8. The van der Waals surface area contributed by atoms with Gasteiger partial charge in [-0.2, -0.15) is 0 Å². The number of nitrogens with one attached hydrogen (secondary N) is 1. The van der Waals surface area contributed by atoms with Crippen LogP contribution in [0, 0.1) is 5.92 Å². The Hall–Kier alpha value is -2.92. The van der Waals surface area contributed by atoms with E-state index >= 15 is 0 Å². The van der Waals surface area contributed by atoms with Gasteiger partial charge in [0.2, 0.25) is 0 Å². The first-order valence-corrected chi connectivity index (χ1v) is 12.0. The minimum absolute atomic E-state index is 0.609. The maximum atomic E-state index is 3.93. The fourth-order valence-electron chi connectivity index (χ4n) is 5.18. The highest BCUT2D eigenvalue weighted by Gasteiger charge is 2.20. The summed E-state index contributed by atoms with van der Waals surface area (Å²) in [6, 6.07) is 17.4. The van der Waals surface area contributed by atoms with Gasteiger partial charge in [0.1, 0.15) is 12.7 Å². The topological polar surface area (TPSA) is 49.7 Å². The normalized spacial score (nSPS) is 16.5. The molecule has 0 unspecified atom stereocenters. The molecule has 5 heteroatoms. The molecule has 1 saturated heterocycles. The van der Waals surface area contributed by atoms with Crippen molar-refractivity contribution < 1.29 is 0 Å². The predicted octanol–water partition coefficient (Wildman–Crippen LogP) is 5.59.